The van der Waals surface area contributed by atoms with Gasteiger partial charge in [-0.05, 0) is 45.1 Å². The molecule has 1 saturated heterocycles. The zero-order chi connectivity index (χ0) is 13.0. The summed E-state index contributed by atoms with van der Waals surface area (Å²) in [7, 11) is 0. The fourth-order valence-electron chi connectivity index (χ4n) is 3.41. The van der Waals surface area contributed by atoms with Crippen LogP contribution in [-0.2, 0) is 4.79 Å². The molecule has 2 unspecified atom stereocenters. The van der Waals surface area contributed by atoms with E-state index in [1.807, 2.05) is 0 Å². The van der Waals surface area contributed by atoms with E-state index < -0.39 is 0 Å². The fraction of sp³-hybridized carbons (Fsp3) is 0.933. The molecule has 0 bridgehead atoms. The van der Waals surface area contributed by atoms with Gasteiger partial charge in [0.15, 0.2) is 0 Å². The molecular formula is C15H28N2O. The Morgan fingerprint density at radius 3 is 2.72 bits per heavy atom. The summed E-state index contributed by atoms with van der Waals surface area (Å²) in [6.07, 6.45) is 9.55. The van der Waals surface area contributed by atoms with Gasteiger partial charge >= 0.3 is 0 Å². The Morgan fingerprint density at radius 2 is 2.06 bits per heavy atom. The number of carbonyl (C=O) groups excluding carboxylic acids is 1. The van der Waals surface area contributed by atoms with Crippen molar-refractivity contribution in [2.45, 2.75) is 76.8 Å². The van der Waals surface area contributed by atoms with E-state index >= 15 is 0 Å². The summed E-state index contributed by atoms with van der Waals surface area (Å²) in [6, 6.07) is 0.0439. The van der Waals surface area contributed by atoms with Gasteiger partial charge in [0.25, 0.3) is 0 Å². The van der Waals surface area contributed by atoms with Gasteiger partial charge in [0.2, 0.25) is 5.91 Å². The first kappa shape index (κ1) is 13.9. The molecule has 1 saturated carbocycles. The molecule has 0 spiro atoms. The van der Waals surface area contributed by atoms with Gasteiger partial charge in [0.05, 0.1) is 6.04 Å². The summed E-state index contributed by atoms with van der Waals surface area (Å²) in [5.41, 5.74) is 0.0518. The monoisotopic (exact) mass is 252 g/mol. The van der Waals surface area contributed by atoms with Crippen LogP contribution in [0.2, 0.25) is 0 Å². The van der Waals surface area contributed by atoms with E-state index in [4.69, 9.17) is 0 Å². The maximum absolute atomic E-state index is 12.4. The van der Waals surface area contributed by atoms with Gasteiger partial charge < -0.3 is 10.6 Å². The van der Waals surface area contributed by atoms with Crippen molar-refractivity contribution in [1.82, 2.24) is 10.6 Å². The maximum Gasteiger partial charge on any atom is 0.237 e. The quantitative estimate of drug-likeness (QED) is 0.810. The standard InChI is InChI=1S/C15H28N2O/c1-3-12-7-10-16-13(11-12)14(18)17-15(2)8-5-4-6-9-15/h12-13,16H,3-11H2,1-2H3,(H,17,18). The van der Waals surface area contributed by atoms with E-state index in [-0.39, 0.29) is 17.5 Å². The van der Waals surface area contributed by atoms with Crippen LogP contribution in [0.25, 0.3) is 0 Å². The van der Waals surface area contributed by atoms with Gasteiger partial charge in [-0.1, -0.05) is 32.6 Å². The average molecular weight is 252 g/mol. The minimum absolute atomic E-state index is 0.0439. The summed E-state index contributed by atoms with van der Waals surface area (Å²) in [6.45, 7) is 5.44. The van der Waals surface area contributed by atoms with Crippen LogP contribution < -0.4 is 10.6 Å². The first-order valence-corrected chi connectivity index (χ1v) is 7.68. The molecule has 2 rings (SSSR count). The highest BCUT2D eigenvalue weighted by Gasteiger charge is 2.32. The summed E-state index contributed by atoms with van der Waals surface area (Å²) in [4.78, 5) is 12.4. The minimum Gasteiger partial charge on any atom is -0.350 e. The van der Waals surface area contributed by atoms with Crippen LogP contribution in [0.1, 0.15) is 65.2 Å². The van der Waals surface area contributed by atoms with E-state index in [9.17, 15) is 4.79 Å². The SMILES string of the molecule is CCC1CCNC(C(=O)NC2(C)CCCCC2)C1. The molecule has 0 aromatic carbocycles. The second kappa shape index (κ2) is 6.05. The molecule has 3 heteroatoms. The van der Waals surface area contributed by atoms with E-state index in [1.54, 1.807) is 0 Å². The number of piperidine rings is 1. The van der Waals surface area contributed by atoms with Crippen molar-refractivity contribution in [1.29, 1.82) is 0 Å². The molecular weight excluding hydrogens is 224 g/mol. The molecule has 1 heterocycles. The fourth-order valence-corrected chi connectivity index (χ4v) is 3.41. The first-order valence-electron chi connectivity index (χ1n) is 7.68. The molecule has 1 amide bonds. The molecule has 0 aromatic heterocycles. The summed E-state index contributed by atoms with van der Waals surface area (Å²) in [5.74, 6) is 0.957. The number of hydrogen-bond donors (Lipinski definition) is 2. The highest BCUT2D eigenvalue weighted by Crippen LogP contribution is 2.28. The first-order chi connectivity index (χ1) is 8.63. The number of carbonyl (C=O) groups is 1. The molecule has 1 aliphatic carbocycles. The zero-order valence-corrected chi connectivity index (χ0v) is 11.9. The molecule has 18 heavy (non-hydrogen) atoms. The average Bonchev–Trinajstić information content (AvgIpc) is 2.39. The lowest BCUT2D eigenvalue weighted by atomic mass is 9.82. The topological polar surface area (TPSA) is 41.1 Å². The number of nitrogens with one attached hydrogen (secondary N) is 2. The maximum atomic E-state index is 12.4. The van der Waals surface area contributed by atoms with Crippen LogP contribution in [0.15, 0.2) is 0 Å². The molecule has 1 aliphatic heterocycles. The number of amides is 1. The Balaban J connectivity index is 1.86. The smallest absolute Gasteiger partial charge is 0.237 e. The lowest BCUT2D eigenvalue weighted by molar-refractivity contribution is -0.126. The highest BCUT2D eigenvalue weighted by molar-refractivity contribution is 5.82. The third-order valence-electron chi connectivity index (χ3n) is 4.79. The third kappa shape index (κ3) is 3.47. The zero-order valence-electron chi connectivity index (χ0n) is 11.9. The molecule has 104 valence electrons. The lowest BCUT2D eigenvalue weighted by Crippen LogP contribution is -2.55. The van der Waals surface area contributed by atoms with E-state index in [1.165, 1.54) is 32.1 Å². The van der Waals surface area contributed by atoms with Gasteiger partial charge in [-0.3, -0.25) is 4.79 Å². The van der Waals surface area contributed by atoms with Crippen LogP contribution in [0.4, 0.5) is 0 Å². The van der Waals surface area contributed by atoms with Crippen molar-refractivity contribution < 1.29 is 4.79 Å². The minimum atomic E-state index is 0.0439. The predicted octanol–water partition coefficient (Wildman–Crippen LogP) is 2.60. The van der Waals surface area contributed by atoms with Crippen LogP contribution >= 0.6 is 0 Å². The molecule has 2 aliphatic rings. The molecule has 2 N–H and O–H groups in total. The van der Waals surface area contributed by atoms with Crippen molar-refractivity contribution in [3.05, 3.63) is 0 Å². The molecule has 0 radical (unpaired) electrons. The second-order valence-electron chi connectivity index (χ2n) is 6.42. The lowest BCUT2D eigenvalue weighted by Gasteiger charge is -2.37. The molecule has 2 atom stereocenters. The third-order valence-corrected chi connectivity index (χ3v) is 4.79. The predicted molar refractivity (Wildman–Crippen MR) is 74.4 cm³/mol. The van der Waals surface area contributed by atoms with Crippen LogP contribution in [0.3, 0.4) is 0 Å². The van der Waals surface area contributed by atoms with Crippen LogP contribution in [0, 0.1) is 5.92 Å². The Morgan fingerprint density at radius 1 is 1.33 bits per heavy atom. The Hall–Kier alpha value is -0.570. The summed E-state index contributed by atoms with van der Waals surface area (Å²) in [5, 5.41) is 6.69. The van der Waals surface area contributed by atoms with Crippen molar-refractivity contribution in [2.24, 2.45) is 5.92 Å². The number of rotatable bonds is 3. The van der Waals surface area contributed by atoms with Crippen LogP contribution in [-0.4, -0.2) is 24.0 Å². The highest BCUT2D eigenvalue weighted by atomic mass is 16.2. The normalized spacial score (nSPS) is 31.9. The Labute approximate surface area is 111 Å². The molecule has 3 nitrogen and oxygen atoms in total. The summed E-state index contributed by atoms with van der Waals surface area (Å²) < 4.78 is 0. The Kier molecular flexibility index (Phi) is 4.66. The second-order valence-corrected chi connectivity index (χ2v) is 6.42. The van der Waals surface area contributed by atoms with Gasteiger partial charge in [-0.2, -0.15) is 0 Å². The van der Waals surface area contributed by atoms with Gasteiger partial charge in [0.1, 0.15) is 0 Å². The largest absolute Gasteiger partial charge is 0.350 e. The van der Waals surface area contributed by atoms with Crippen LogP contribution in [0.5, 0.6) is 0 Å². The van der Waals surface area contributed by atoms with E-state index in [2.05, 4.69) is 24.5 Å². The van der Waals surface area contributed by atoms with Crippen molar-refractivity contribution in [2.75, 3.05) is 6.54 Å². The van der Waals surface area contributed by atoms with Crippen molar-refractivity contribution in [3.63, 3.8) is 0 Å². The van der Waals surface area contributed by atoms with Crippen molar-refractivity contribution >= 4 is 5.91 Å². The van der Waals surface area contributed by atoms with Crippen molar-refractivity contribution in [3.8, 4) is 0 Å². The van der Waals surface area contributed by atoms with E-state index in [0.29, 0.717) is 0 Å². The number of hydrogen-bond acceptors (Lipinski definition) is 2. The van der Waals surface area contributed by atoms with Gasteiger partial charge in [-0.25, -0.2) is 0 Å². The van der Waals surface area contributed by atoms with Gasteiger partial charge in [-0.15, -0.1) is 0 Å². The van der Waals surface area contributed by atoms with Gasteiger partial charge in [0, 0.05) is 5.54 Å². The molecule has 0 aromatic rings. The van der Waals surface area contributed by atoms with E-state index in [0.717, 1.165) is 31.7 Å². The Bertz CT molecular complexity index is 284. The molecule has 2 fully saturated rings. The summed E-state index contributed by atoms with van der Waals surface area (Å²) >= 11 is 0.